The molecule has 0 aliphatic carbocycles. The highest BCUT2D eigenvalue weighted by Crippen LogP contribution is 2.37. The lowest BCUT2D eigenvalue weighted by Crippen LogP contribution is -2.52. The van der Waals surface area contributed by atoms with E-state index in [1.54, 1.807) is 0 Å². The third-order valence-corrected chi connectivity index (χ3v) is 4.83. The van der Waals surface area contributed by atoms with Gasteiger partial charge in [0.25, 0.3) is 0 Å². The van der Waals surface area contributed by atoms with E-state index in [9.17, 15) is 5.11 Å². The summed E-state index contributed by atoms with van der Waals surface area (Å²) in [5, 5.41) is 11.0. The lowest BCUT2D eigenvalue weighted by molar-refractivity contribution is -0.0366. The van der Waals surface area contributed by atoms with E-state index in [4.69, 9.17) is 0 Å². The van der Waals surface area contributed by atoms with E-state index in [1.165, 1.54) is 5.56 Å². The van der Waals surface area contributed by atoms with Crippen LogP contribution < -0.4 is 0 Å². The average molecular weight is 277 g/mol. The van der Waals surface area contributed by atoms with Gasteiger partial charge < -0.3 is 5.11 Å². The van der Waals surface area contributed by atoms with Crippen LogP contribution in [0.2, 0.25) is 0 Å². The Labute approximate surface area is 124 Å². The molecule has 2 nitrogen and oxygen atoms in total. The van der Waals surface area contributed by atoms with Gasteiger partial charge in [-0.25, -0.2) is 0 Å². The molecule has 1 aromatic rings. The van der Waals surface area contributed by atoms with Crippen LogP contribution in [0.25, 0.3) is 0 Å². The van der Waals surface area contributed by atoms with Crippen molar-refractivity contribution in [2.24, 2.45) is 0 Å². The fraction of sp³-hybridized carbons (Fsp3) is 0.667. The van der Waals surface area contributed by atoms with E-state index in [0.717, 1.165) is 37.9 Å². The zero-order valence-corrected chi connectivity index (χ0v) is 13.8. The number of nitrogens with zero attached hydrogens (tertiary/aromatic N) is 1. The van der Waals surface area contributed by atoms with Crippen LogP contribution in [0, 0.1) is 0 Å². The predicted molar refractivity (Wildman–Crippen MR) is 87.0 cm³/mol. The van der Waals surface area contributed by atoms with Crippen molar-refractivity contribution in [3.63, 3.8) is 0 Å². The number of hydrogen-bond donors (Lipinski definition) is 1. The van der Waals surface area contributed by atoms with Crippen LogP contribution in [0.5, 0.6) is 0 Å². The SMILES string of the molecule is CCc1ccc(C(O)C(CC)(CC)N(CC)CC)cc1. The normalized spacial score (nSPS) is 13.8. The van der Waals surface area contributed by atoms with E-state index in [2.05, 4.69) is 63.8 Å². The molecule has 0 bridgehead atoms. The van der Waals surface area contributed by atoms with Crippen molar-refractivity contribution in [1.82, 2.24) is 4.90 Å². The molecule has 0 fully saturated rings. The molecule has 2 heteroatoms. The zero-order chi connectivity index (χ0) is 15.2. The van der Waals surface area contributed by atoms with Gasteiger partial charge in [-0.3, -0.25) is 4.90 Å². The van der Waals surface area contributed by atoms with Crippen LogP contribution in [-0.2, 0) is 6.42 Å². The first-order chi connectivity index (χ1) is 9.59. The summed E-state index contributed by atoms with van der Waals surface area (Å²) in [6.07, 6.45) is 2.53. The number of hydrogen-bond acceptors (Lipinski definition) is 2. The lowest BCUT2D eigenvalue weighted by atomic mass is 9.80. The number of benzene rings is 1. The van der Waals surface area contributed by atoms with Crippen LogP contribution in [0.15, 0.2) is 24.3 Å². The van der Waals surface area contributed by atoms with E-state index < -0.39 is 6.10 Å². The summed E-state index contributed by atoms with van der Waals surface area (Å²) in [6, 6.07) is 8.45. The maximum absolute atomic E-state index is 11.0. The molecule has 1 rings (SSSR count). The summed E-state index contributed by atoms with van der Waals surface area (Å²) in [7, 11) is 0. The molecule has 0 aliphatic heterocycles. The molecular formula is C18H31NO. The molecule has 0 radical (unpaired) electrons. The van der Waals surface area contributed by atoms with Crippen molar-refractivity contribution < 1.29 is 5.11 Å². The Morgan fingerprint density at radius 3 is 1.80 bits per heavy atom. The number of likely N-dealkylation sites (N-methyl/N-ethyl adjacent to an activating group) is 1. The Morgan fingerprint density at radius 2 is 1.45 bits per heavy atom. The van der Waals surface area contributed by atoms with E-state index >= 15 is 0 Å². The minimum Gasteiger partial charge on any atom is -0.386 e. The van der Waals surface area contributed by atoms with Crippen molar-refractivity contribution >= 4 is 0 Å². The summed E-state index contributed by atoms with van der Waals surface area (Å²) in [4.78, 5) is 2.41. The van der Waals surface area contributed by atoms with Crippen molar-refractivity contribution in [3.05, 3.63) is 35.4 Å². The molecule has 0 spiro atoms. The van der Waals surface area contributed by atoms with Crippen LogP contribution in [0.4, 0.5) is 0 Å². The van der Waals surface area contributed by atoms with Gasteiger partial charge in [-0.2, -0.15) is 0 Å². The van der Waals surface area contributed by atoms with Crippen LogP contribution >= 0.6 is 0 Å². The Hall–Kier alpha value is -0.860. The molecule has 20 heavy (non-hydrogen) atoms. The van der Waals surface area contributed by atoms with Gasteiger partial charge in [-0.05, 0) is 43.5 Å². The minimum absolute atomic E-state index is 0.156. The largest absolute Gasteiger partial charge is 0.386 e. The topological polar surface area (TPSA) is 23.5 Å². The van der Waals surface area contributed by atoms with Crippen molar-refractivity contribution in [3.8, 4) is 0 Å². The van der Waals surface area contributed by atoms with Crippen LogP contribution in [-0.4, -0.2) is 28.6 Å². The predicted octanol–water partition coefficient (Wildman–Crippen LogP) is 4.18. The van der Waals surface area contributed by atoms with Crippen LogP contribution in [0.3, 0.4) is 0 Å². The second-order valence-corrected chi connectivity index (χ2v) is 5.48. The smallest absolute Gasteiger partial charge is 0.0973 e. The number of aliphatic hydroxyl groups is 1. The van der Waals surface area contributed by atoms with Crippen molar-refractivity contribution in [1.29, 1.82) is 0 Å². The van der Waals surface area contributed by atoms with Crippen molar-refractivity contribution in [2.45, 2.75) is 65.5 Å². The fourth-order valence-corrected chi connectivity index (χ4v) is 3.36. The first-order valence-electron chi connectivity index (χ1n) is 8.11. The summed E-state index contributed by atoms with van der Waals surface area (Å²) in [5.41, 5.74) is 2.21. The first kappa shape index (κ1) is 17.2. The Bertz CT molecular complexity index is 377. The summed E-state index contributed by atoms with van der Waals surface area (Å²) in [5.74, 6) is 0. The monoisotopic (exact) mass is 277 g/mol. The molecule has 0 saturated heterocycles. The minimum atomic E-state index is -0.427. The third kappa shape index (κ3) is 3.24. The zero-order valence-electron chi connectivity index (χ0n) is 13.8. The Balaban J connectivity index is 3.12. The standard InChI is InChI=1S/C18H31NO/c1-6-15-11-13-16(14-12-15)17(20)18(7-2,8-3)19(9-4)10-5/h11-14,17,20H,6-10H2,1-5H3. The molecular weight excluding hydrogens is 246 g/mol. The van der Waals surface area contributed by atoms with Crippen molar-refractivity contribution in [2.75, 3.05) is 13.1 Å². The maximum atomic E-state index is 11.0. The first-order valence-corrected chi connectivity index (χ1v) is 8.11. The summed E-state index contributed by atoms with van der Waals surface area (Å²) >= 11 is 0. The molecule has 0 amide bonds. The van der Waals surface area contributed by atoms with E-state index in [-0.39, 0.29) is 5.54 Å². The Kier molecular flexibility index (Phi) is 6.70. The second-order valence-electron chi connectivity index (χ2n) is 5.48. The average Bonchev–Trinajstić information content (AvgIpc) is 2.52. The molecule has 1 atom stereocenters. The van der Waals surface area contributed by atoms with Gasteiger partial charge in [0.1, 0.15) is 0 Å². The van der Waals surface area contributed by atoms with E-state index in [0.29, 0.717) is 0 Å². The Morgan fingerprint density at radius 1 is 0.950 bits per heavy atom. The molecule has 0 aliphatic rings. The van der Waals surface area contributed by atoms with Gasteiger partial charge in [-0.1, -0.05) is 58.9 Å². The van der Waals surface area contributed by atoms with Gasteiger partial charge in [0, 0.05) is 0 Å². The van der Waals surface area contributed by atoms with E-state index in [1.807, 2.05) is 0 Å². The molecule has 0 heterocycles. The third-order valence-electron chi connectivity index (χ3n) is 4.83. The quantitative estimate of drug-likeness (QED) is 0.770. The molecule has 1 aromatic carbocycles. The van der Waals surface area contributed by atoms with Gasteiger partial charge >= 0.3 is 0 Å². The van der Waals surface area contributed by atoms with Gasteiger partial charge in [0.2, 0.25) is 0 Å². The molecule has 1 unspecified atom stereocenters. The van der Waals surface area contributed by atoms with Gasteiger partial charge in [0.15, 0.2) is 0 Å². The maximum Gasteiger partial charge on any atom is 0.0973 e. The highest BCUT2D eigenvalue weighted by Gasteiger charge is 2.39. The highest BCUT2D eigenvalue weighted by molar-refractivity contribution is 5.26. The van der Waals surface area contributed by atoms with Gasteiger partial charge in [0.05, 0.1) is 11.6 Å². The summed E-state index contributed by atoms with van der Waals surface area (Å²) < 4.78 is 0. The summed E-state index contributed by atoms with van der Waals surface area (Å²) in [6.45, 7) is 12.8. The second kappa shape index (κ2) is 7.80. The number of rotatable bonds is 8. The van der Waals surface area contributed by atoms with Crippen LogP contribution in [0.1, 0.15) is 64.7 Å². The molecule has 114 valence electrons. The highest BCUT2D eigenvalue weighted by atomic mass is 16.3. The molecule has 1 N–H and O–H groups in total. The number of aliphatic hydroxyl groups excluding tert-OH is 1. The lowest BCUT2D eigenvalue weighted by Gasteiger charge is -2.46. The van der Waals surface area contributed by atoms with Gasteiger partial charge in [-0.15, -0.1) is 0 Å². The number of aryl methyl sites for hydroxylation is 1. The molecule has 0 saturated carbocycles. The fourth-order valence-electron chi connectivity index (χ4n) is 3.36. The molecule has 0 aromatic heterocycles.